The van der Waals surface area contributed by atoms with E-state index in [0.29, 0.717) is 17.9 Å². The van der Waals surface area contributed by atoms with Crippen molar-refractivity contribution in [2.75, 3.05) is 12.3 Å². The molecule has 16 heavy (non-hydrogen) atoms. The number of alkyl halides is 2. The third-order valence-corrected chi connectivity index (χ3v) is 2.03. The molecule has 0 aliphatic carbocycles. The van der Waals surface area contributed by atoms with Crippen LogP contribution in [0.4, 0.5) is 14.5 Å². The van der Waals surface area contributed by atoms with Crippen molar-refractivity contribution < 1.29 is 13.6 Å². The molecule has 1 aromatic rings. The number of aryl methyl sites for hydroxylation is 1. The van der Waals surface area contributed by atoms with Gasteiger partial charge in [-0.15, -0.1) is 0 Å². The van der Waals surface area contributed by atoms with Crippen LogP contribution < -0.4 is 11.1 Å². The molecular formula is C10H15F2N3O. The summed E-state index contributed by atoms with van der Waals surface area (Å²) in [6, 6.07) is 1.48. The van der Waals surface area contributed by atoms with E-state index in [9.17, 15) is 13.6 Å². The summed E-state index contributed by atoms with van der Waals surface area (Å²) in [6.45, 7) is 1.95. The highest BCUT2D eigenvalue weighted by molar-refractivity contribution is 5.93. The lowest BCUT2D eigenvalue weighted by Crippen LogP contribution is -2.30. The number of nitrogens with two attached hydrogens (primary N) is 1. The number of nitrogen functional groups attached to an aromatic ring is 1. The third kappa shape index (κ3) is 3.22. The Morgan fingerprint density at radius 3 is 2.88 bits per heavy atom. The van der Waals surface area contributed by atoms with Crippen LogP contribution in [-0.4, -0.2) is 23.4 Å². The normalized spacial score (nSPS) is 10.8. The number of hydrogen-bond donors (Lipinski definition) is 2. The van der Waals surface area contributed by atoms with Gasteiger partial charge < -0.3 is 15.6 Å². The average molecular weight is 231 g/mol. The minimum atomic E-state index is -2.55. The number of aromatic nitrogens is 1. The number of hydrogen-bond acceptors (Lipinski definition) is 2. The summed E-state index contributed by atoms with van der Waals surface area (Å²) in [6.07, 6.45) is -0.0831. The first-order valence-corrected chi connectivity index (χ1v) is 5.06. The maximum atomic E-state index is 11.9. The number of amides is 1. The molecule has 4 nitrogen and oxygen atoms in total. The molecule has 1 heterocycles. The summed E-state index contributed by atoms with van der Waals surface area (Å²) in [5, 5.41) is 2.15. The van der Waals surface area contributed by atoms with Crippen molar-refractivity contribution in [2.24, 2.45) is 0 Å². The van der Waals surface area contributed by atoms with Gasteiger partial charge >= 0.3 is 0 Å². The number of rotatable bonds is 5. The highest BCUT2D eigenvalue weighted by Gasteiger charge is 2.13. The van der Waals surface area contributed by atoms with Gasteiger partial charge in [0.2, 0.25) is 0 Å². The quantitative estimate of drug-likeness (QED) is 0.806. The van der Waals surface area contributed by atoms with Gasteiger partial charge in [-0.25, -0.2) is 8.78 Å². The number of carbonyl (C=O) groups is 1. The van der Waals surface area contributed by atoms with Crippen LogP contribution in [0.25, 0.3) is 0 Å². The van der Waals surface area contributed by atoms with Crippen LogP contribution in [0.15, 0.2) is 12.3 Å². The van der Waals surface area contributed by atoms with E-state index in [2.05, 4.69) is 5.32 Å². The van der Waals surface area contributed by atoms with Gasteiger partial charge in [-0.3, -0.25) is 4.79 Å². The van der Waals surface area contributed by atoms with E-state index >= 15 is 0 Å². The summed E-state index contributed by atoms with van der Waals surface area (Å²) < 4.78 is 25.5. The molecular weight excluding hydrogens is 216 g/mol. The molecule has 1 amide bonds. The van der Waals surface area contributed by atoms with Crippen molar-refractivity contribution >= 4 is 11.6 Å². The zero-order valence-electron chi connectivity index (χ0n) is 9.04. The van der Waals surface area contributed by atoms with Crippen LogP contribution in [0.2, 0.25) is 0 Å². The molecule has 0 bridgehead atoms. The van der Waals surface area contributed by atoms with Gasteiger partial charge in [-0.1, -0.05) is 6.92 Å². The van der Waals surface area contributed by atoms with Gasteiger partial charge in [-0.05, 0) is 12.5 Å². The molecule has 0 aliphatic heterocycles. The van der Waals surface area contributed by atoms with Crippen molar-refractivity contribution in [3.8, 4) is 0 Å². The number of carbonyl (C=O) groups excluding carboxylic acids is 1. The topological polar surface area (TPSA) is 60.0 Å². The lowest BCUT2D eigenvalue weighted by Gasteiger charge is -2.07. The minimum Gasteiger partial charge on any atom is -0.397 e. The molecule has 0 aromatic carbocycles. The van der Waals surface area contributed by atoms with Gasteiger partial charge in [-0.2, -0.15) is 0 Å². The Balaban J connectivity index is 2.73. The van der Waals surface area contributed by atoms with Crippen LogP contribution in [0.5, 0.6) is 0 Å². The van der Waals surface area contributed by atoms with Crippen LogP contribution in [-0.2, 0) is 6.54 Å². The average Bonchev–Trinajstić information content (AvgIpc) is 2.56. The van der Waals surface area contributed by atoms with E-state index in [1.807, 2.05) is 6.92 Å². The summed E-state index contributed by atoms with van der Waals surface area (Å²) in [7, 11) is 0. The number of nitrogens with zero attached hydrogens (tertiary/aromatic N) is 1. The van der Waals surface area contributed by atoms with Crippen molar-refractivity contribution in [1.29, 1.82) is 0 Å². The SMILES string of the molecule is CCCn1cc(N)cc1C(=O)NCC(F)F. The zero-order chi connectivity index (χ0) is 12.1. The fourth-order valence-electron chi connectivity index (χ4n) is 1.41. The van der Waals surface area contributed by atoms with E-state index in [1.54, 1.807) is 10.8 Å². The number of anilines is 1. The van der Waals surface area contributed by atoms with E-state index in [4.69, 9.17) is 5.73 Å². The maximum absolute atomic E-state index is 11.9. The smallest absolute Gasteiger partial charge is 0.268 e. The third-order valence-electron chi connectivity index (χ3n) is 2.03. The second kappa shape index (κ2) is 5.48. The predicted molar refractivity (Wildman–Crippen MR) is 57.5 cm³/mol. The van der Waals surface area contributed by atoms with Crippen LogP contribution in [0.3, 0.4) is 0 Å². The molecule has 6 heteroatoms. The Hall–Kier alpha value is -1.59. The van der Waals surface area contributed by atoms with Crippen molar-refractivity contribution in [2.45, 2.75) is 26.3 Å². The molecule has 0 aliphatic rings. The first kappa shape index (κ1) is 12.5. The second-order valence-electron chi connectivity index (χ2n) is 3.45. The first-order chi connectivity index (χ1) is 7.54. The largest absolute Gasteiger partial charge is 0.397 e. The molecule has 0 atom stereocenters. The summed E-state index contributed by atoms with van der Waals surface area (Å²) >= 11 is 0. The summed E-state index contributed by atoms with van der Waals surface area (Å²) in [5.74, 6) is -0.523. The van der Waals surface area contributed by atoms with Crippen molar-refractivity contribution in [3.63, 3.8) is 0 Å². The molecule has 90 valence electrons. The van der Waals surface area contributed by atoms with Crippen LogP contribution in [0, 0.1) is 0 Å². The number of halogens is 2. The van der Waals surface area contributed by atoms with Crippen LogP contribution in [0.1, 0.15) is 23.8 Å². The molecule has 0 saturated carbocycles. The molecule has 0 spiro atoms. The standard InChI is InChI=1S/C10H15F2N3O/c1-2-3-15-6-7(13)4-8(15)10(16)14-5-9(11)12/h4,6,9H,2-3,5,13H2,1H3,(H,14,16). The monoisotopic (exact) mass is 231 g/mol. The Morgan fingerprint density at radius 2 is 2.31 bits per heavy atom. The lowest BCUT2D eigenvalue weighted by atomic mass is 10.3. The second-order valence-corrected chi connectivity index (χ2v) is 3.45. The van der Waals surface area contributed by atoms with E-state index in [0.717, 1.165) is 6.42 Å². The van der Waals surface area contributed by atoms with E-state index < -0.39 is 18.9 Å². The Kier molecular flexibility index (Phi) is 4.28. The van der Waals surface area contributed by atoms with Crippen molar-refractivity contribution in [3.05, 3.63) is 18.0 Å². The Labute approximate surface area is 92.4 Å². The minimum absolute atomic E-state index is 0.319. The fraction of sp³-hybridized carbons (Fsp3) is 0.500. The Morgan fingerprint density at radius 1 is 1.62 bits per heavy atom. The molecule has 3 N–H and O–H groups in total. The molecule has 1 aromatic heterocycles. The Bertz CT molecular complexity index is 363. The molecule has 0 fully saturated rings. The summed E-state index contributed by atoms with van der Waals surface area (Å²) in [5.41, 5.74) is 6.33. The van der Waals surface area contributed by atoms with Crippen molar-refractivity contribution in [1.82, 2.24) is 9.88 Å². The van der Waals surface area contributed by atoms with E-state index in [1.165, 1.54) is 6.07 Å². The van der Waals surface area contributed by atoms with Gasteiger partial charge in [0.25, 0.3) is 12.3 Å². The zero-order valence-corrected chi connectivity index (χ0v) is 9.04. The van der Waals surface area contributed by atoms with Gasteiger partial charge in [0.05, 0.1) is 12.2 Å². The lowest BCUT2D eigenvalue weighted by molar-refractivity contribution is 0.0882. The molecule has 0 unspecified atom stereocenters. The molecule has 0 saturated heterocycles. The summed E-state index contributed by atoms with van der Waals surface area (Å²) in [4.78, 5) is 11.5. The van der Waals surface area contributed by atoms with E-state index in [-0.39, 0.29) is 0 Å². The highest BCUT2D eigenvalue weighted by atomic mass is 19.3. The van der Waals surface area contributed by atoms with Gasteiger partial charge in [0.15, 0.2) is 0 Å². The first-order valence-electron chi connectivity index (χ1n) is 5.06. The molecule has 1 rings (SSSR count). The predicted octanol–water partition coefficient (Wildman–Crippen LogP) is 1.48. The molecule has 0 radical (unpaired) electrons. The van der Waals surface area contributed by atoms with Gasteiger partial charge in [0.1, 0.15) is 5.69 Å². The van der Waals surface area contributed by atoms with Crippen LogP contribution >= 0.6 is 0 Å². The highest BCUT2D eigenvalue weighted by Crippen LogP contribution is 2.11. The van der Waals surface area contributed by atoms with Gasteiger partial charge in [0, 0.05) is 12.7 Å². The number of nitrogens with one attached hydrogen (secondary N) is 1. The maximum Gasteiger partial charge on any atom is 0.268 e. The fourth-order valence-corrected chi connectivity index (χ4v) is 1.41.